The van der Waals surface area contributed by atoms with Crippen molar-refractivity contribution < 1.29 is 22.7 Å². The predicted molar refractivity (Wildman–Crippen MR) is 111 cm³/mol. The van der Waals surface area contributed by atoms with Gasteiger partial charge in [0.1, 0.15) is 0 Å². The van der Waals surface area contributed by atoms with E-state index in [1.807, 2.05) is 19.9 Å². The number of nitrogens with one attached hydrogen (secondary N) is 1. The highest BCUT2D eigenvalue weighted by atomic mass is 19.4. The number of amides is 1. The van der Waals surface area contributed by atoms with Crippen LogP contribution in [0.4, 0.5) is 18.9 Å². The molecule has 0 fully saturated rings. The van der Waals surface area contributed by atoms with Gasteiger partial charge in [-0.2, -0.15) is 18.3 Å². The van der Waals surface area contributed by atoms with Crippen molar-refractivity contribution in [2.45, 2.75) is 20.0 Å². The Morgan fingerprint density at radius 1 is 1.22 bits per heavy atom. The van der Waals surface area contributed by atoms with Gasteiger partial charge in [-0.15, -0.1) is 5.10 Å². The Labute approximate surface area is 180 Å². The lowest BCUT2D eigenvalue weighted by Crippen LogP contribution is -2.22. The SMILES string of the molecule is Cc1cc(C)c2c(OCC(=O)Nc3ccc(-n4cccn4)cc3C(F)(F)F)nn(C)c2n1. The molecule has 11 heteroatoms. The van der Waals surface area contributed by atoms with Crippen molar-refractivity contribution in [2.24, 2.45) is 7.05 Å². The van der Waals surface area contributed by atoms with Crippen LogP contribution in [0.3, 0.4) is 0 Å². The molecule has 0 bridgehead atoms. The van der Waals surface area contributed by atoms with Gasteiger partial charge in [0, 0.05) is 25.1 Å². The monoisotopic (exact) mass is 444 g/mol. The van der Waals surface area contributed by atoms with Gasteiger partial charge in [-0.05, 0) is 49.7 Å². The highest BCUT2D eigenvalue weighted by Gasteiger charge is 2.34. The molecule has 0 aliphatic carbocycles. The average Bonchev–Trinajstić information content (AvgIpc) is 3.35. The zero-order valence-electron chi connectivity index (χ0n) is 17.4. The molecule has 1 aromatic carbocycles. The van der Waals surface area contributed by atoms with Crippen molar-refractivity contribution in [3.05, 3.63) is 59.5 Å². The summed E-state index contributed by atoms with van der Waals surface area (Å²) in [6, 6.07) is 6.99. The van der Waals surface area contributed by atoms with Crippen molar-refractivity contribution >= 4 is 22.6 Å². The first kappa shape index (κ1) is 21.3. The van der Waals surface area contributed by atoms with Crippen LogP contribution >= 0.6 is 0 Å². The molecule has 0 radical (unpaired) electrons. The van der Waals surface area contributed by atoms with Gasteiger partial charge in [-0.1, -0.05) is 0 Å². The van der Waals surface area contributed by atoms with E-state index >= 15 is 0 Å². The van der Waals surface area contributed by atoms with Crippen molar-refractivity contribution in [3.8, 4) is 11.6 Å². The number of benzene rings is 1. The highest BCUT2D eigenvalue weighted by Crippen LogP contribution is 2.36. The number of aromatic nitrogens is 5. The van der Waals surface area contributed by atoms with Crippen LogP contribution in [0.1, 0.15) is 16.8 Å². The zero-order valence-corrected chi connectivity index (χ0v) is 17.4. The maximum absolute atomic E-state index is 13.6. The Bertz CT molecular complexity index is 1300. The predicted octanol–water partition coefficient (Wildman–Crippen LogP) is 3.81. The maximum Gasteiger partial charge on any atom is 0.418 e. The fraction of sp³-hybridized carbons (Fsp3) is 0.238. The summed E-state index contributed by atoms with van der Waals surface area (Å²) in [4.78, 5) is 16.8. The third kappa shape index (κ3) is 4.13. The van der Waals surface area contributed by atoms with Crippen molar-refractivity contribution in [2.75, 3.05) is 11.9 Å². The number of ether oxygens (including phenoxy) is 1. The number of pyridine rings is 1. The number of carbonyl (C=O) groups is 1. The molecular formula is C21H19F3N6O2. The molecule has 1 amide bonds. The summed E-state index contributed by atoms with van der Waals surface area (Å²) in [6.07, 6.45) is -1.69. The Morgan fingerprint density at radius 3 is 2.69 bits per heavy atom. The molecule has 166 valence electrons. The normalized spacial score (nSPS) is 11.7. The molecule has 0 aliphatic rings. The zero-order chi connectivity index (χ0) is 23.0. The highest BCUT2D eigenvalue weighted by molar-refractivity contribution is 5.93. The molecule has 0 aliphatic heterocycles. The second kappa shape index (κ2) is 7.98. The minimum atomic E-state index is -4.68. The van der Waals surface area contributed by atoms with Gasteiger partial charge in [0.25, 0.3) is 5.91 Å². The number of aryl methyl sites for hydroxylation is 3. The van der Waals surface area contributed by atoms with Crippen LogP contribution in [0.2, 0.25) is 0 Å². The Kier molecular flexibility index (Phi) is 5.33. The van der Waals surface area contributed by atoms with E-state index in [4.69, 9.17) is 4.74 Å². The van der Waals surface area contributed by atoms with Gasteiger partial charge in [-0.3, -0.25) is 4.79 Å². The summed E-state index contributed by atoms with van der Waals surface area (Å²) >= 11 is 0. The first-order valence-electron chi connectivity index (χ1n) is 9.58. The molecule has 32 heavy (non-hydrogen) atoms. The summed E-state index contributed by atoms with van der Waals surface area (Å²) in [5, 5.41) is 11.1. The molecular weight excluding hydrogens is 425 g/mol. The lowest BCUT2D eigenvalue weighted by Gasteiger charge is -2.15. The second-order valence-corrected chi connectivity index (χ2v) is 7.22. The van der Waals surface area contributed by atoms with Crippen molar-refractivity contribution in [1.82, 2.24) is 24.5 Å². The minimum Gasteiger partial charge on any atom is -0.466 e. The van der Waals surface area contributed by atoms with E-state index in [1.165, 1.54) is 33.9 Å². The van der Waals surface area contributed by atoms with E-state index in [2.05, 4.69) is 20.5 Å². The lowest BCUT2D eigenvalue weighted by atomic mass is 10.1. The molecule has 3 heterocycles. The number of anilines is 1. The third-order valence-electron chi connectivity index (χ3n) is 4.78. The molecule has 4 aromatic rings. The molecule has 4 rings (SSSR count). The number of halogens is 3. The van der Waals surface area contributed by atoms with Gasteiger partial charge < -0.3 is 10.1 Å². The Hall–Kier alpha value is -3.89. The standard InChI is InChI=1S/C21H19F3N6O2/c1-12-9-13(2)26-19-18(12)20(28-29(19)3)32-11-17(31)27-16-6-5-14(30-8-4-7-25-30)10-15(16)21(22,23)24/h4-10H,11H2,1-3H3,(H,27,31). The van der Waals surface area contributed by atoms with Crippen LogP contribution in [0.5, 0.6) is 5.88 Å². The van der Waals surface area contributed by atoms with Crippen molar-refractivity contribution in [3.63, 3.8) is 0 Å². The molecule has 0 saturated carbocycles. The van der Waals surface area contributed by atoms with Crippen LogP contribution in [-0.2, 0) is 18.0 Å². The fourth-order valence-electron chi connectivity index (χ4n) is 3.41. The van der Waals surface area contributed by atoms with E-state index in [-0.39, 0.29) is 17.3 Å². The number of alkyl halides is 3. The molecule has 0 atom stereocenters. The average molecular weight is 444 g/mol. The summed E-state index contributed by atoms with van der Waals surface area (Å²) in [6.45, 7) is 3.20. The van der Waals surface area contributed by atoms with Crippen LogP contribution < -0.4 is 10.1 Å². The fourth-order valence-corrected chi connectivity index (χ4v) is 3.41. The summed E-state index contributed by atoms with van der Waals surface area (Å²) in [7, 11) is 1.69. The topological polar surface area (TPSA) is 86.9 Å². The molecule has 1 N–H and O–H groups in total. The molecule has 0 unspecified atom stereocenters. The Balaban J connectivity index is 1.54. The smallest absolute Gasteiger partial charge is 0.418 e. The molecule has 0 saturated heterocycles. The summed E-state index contributed by atoms with van der Waals surface area (Å²) in [5.74, 6) is -0.563. The van der Waals surface area contributed by atoms with Crippen LogP contribution in [0.25, 0.3) is 16.7 Å². The van der Waals surface area contributed by atoms with Gasteiger partial charge >= 0.3 is 6.18 Å². The quantitative estimate of drug-likeness (QED) is 0.506. The van der Waals surface area contributed by atoms with Crippen LogP contribution in [0.15, 0.2) is 42.7 Å². The molecule has 8 nitrogen and oxygen atoms in total. The number of rotatable bonds is 5. The largest absolute Gasteiger partial charge is 0.466 e. The van der Waals surface area contributed by atoms with E-state index in [0.29, 0.717) is 11.0 Å². The van der Waals surface area contributed by atoms with E-state index < -0.39 is 24.3 Å². The van der Waals surface area contributed by atoms with Crippen LogP contribution in [-0.4, -0.2) is 37.1 Å². The van der Waals surface area contributed by atoms with Gasteiger partial charge in [0.05, 0.1) is 22.3 Å². The summed E-state index contributed by atoms with van der Waals surface area (Å²) in [5.41, 5.74) is 1.12. The Morgan fingerprint density at radius 2 is 2.00 bits per heavy atom. The maximum atomic E-state index is 13.6. The minimum absolute atomic E-state index is 0.188. The lowest BCUT2D eigenvalue weighted by molar-refractivity contribution is -0.137. The third-order valence-corrected chi connectivity index (χ3v) is 4.78. The molecule has 3 aromatic heterocycles. The van der Waals surface area contributed by atoms with Gasteiger partial charge in [-0.25, -0.2) is 14.3 Å². The first-order valence-corrected chi connectivity index (χ1v) is 9.58. The molecule has 0 spiro atoms. The number of carbonyl (C=O) groups excluding carboxylic acids is 1. The van der Waals surface area contributed by atoms with E-state index in [0.717, 1.165) is 17.3 Å². The summed E-state index contributed by atoms with van der Waals surface area (Å²) < 4.78 is 49.1. The number of hydrogen-bond donors (Lipinski definition) is 1. The number of hydrogen-bond acceptors (Lipinski definition) is 5. The van der Waals surface area contributed by atoms with E-state index in [1.54, 1.807) is 13.1 Å². The van der Waals surface area contributed by atoms with Crippen LogP contribution in [0, 0.1) is 13.8 Å². The van der Waals surface area contributed by atoms with E-state index in [9.17, 15) is 18.0 Å². The number of nitrogens with zero attached hydrogens (tertiary/aromatic N) is 5. The first-order chi connectivity index (χ1) is 15.1. The van der Waals surface area contributed by atoms with Crippen molar-refractivity contribution in [1.29, 1.82) is 0 Å². The number of fused-ring (bicyclic) bond motifs is 1. The van der Waals surface area contributed by atoms with Gasteiger partial charge in [0.2, 0.25) is 5.88 Å². The second-order valence-electron chi connectivity index (χ2n) is 7.22. The van der Waals surface area contributed by atoms with Gasteiger partial charge in [0.15, 0.2) is 12.3 Å².